The molecule has 7 heteroatoms. The Hall–Kier alpha value is -2.28. The minimum absolute atomic E-state index is 0.0883. The number of carbonyl (C=O) groups excluding carboxylic acids is 1. The van der Waals surface area contributed by atoms with E-state index in [1.54, 1.807) is 6.20 Å². The van der Waals surface area contributed by atoms with Crippen LogP contribution in [0.25, 0.3) is 0 Å². The maximum absolute atomic E-state index is 12.7. The van der Waals surface area contributed by atoms with E-state index in [2.05, 4.69) is 26.9 Å². The fraction of sp³-hybridized carbons (Fsp3) is 0.579. The van der Waals surface area contributed by atoms with Crippen molar-refractivity contribution >= 4 is 5.91 Å². The lowest BCUT2D eigenvalue weighted by atomic mass is 10.2. The van der Waals surface area contributed by atoms with Gasteiger partial charge in [0, 0.05) is 64.2 Å². The third kappa shape index (κ3) is 4.88. The standard InChI is InChI=1S/C19H28N6O/c1-3-18-20-8-6-17(22-18)15-23-9-5-10-24(13-12-23)19(26)14-16(2)25-11-4-7-21-25/h4,6-8,11,16H,3,5,9-10,12-15H2,1-2H3. The van der Waals surface area contributed by atoms with E-state index < -0.39 is 0 Å². The molecule has 1 fully saturated rings. The molecule has 7 nitrogen and oxygen atoms in total. The monoisotopic (exact) mass is 356 g/mol. The SMILES string of the molecule is CCc1nccc(CN2CCCN(C(=O)CC(C)n3cccn3)CC2)n1. The van der Waals surface area contributed by atoms with E-state index in [9.17, 15) is 4.79 Å². The molecular weight excluding hydrogens is 328 g/mol. The van der Waals surface area contributed by atoms with Crippen LogP contribution in [0.15, 0.2) is 30.7 Å². The topological polar surface area (TPSA) is 67.2 Å². The van der Waals surface area contributed by atoms with Gasteiger partial charge in [-0.3, -0.25) is 14.4 Å². The highest BCUT2D eigenvalue weighted by Crippen LogP contribution is 2.14. The lowest BCUT2D eigenvalue weighted by molar-refractivity contribution is -0.131. The average molecular weight is 356 g/mol. The molecule has 1 saturated heterocycles. The smallest absolute Gasteiger partial charge is 0.224 e. The van der Waals surface area contributed by atoms with Crippen molar-refractivity contribution in [3.05, 3.63) is 42.2 Å². The second-order valence-electron chi connectivity index (χ2n) is 6.87. The Morgan fingerprint density at radius 1 is 1.23 bits per heavy atom. The first-order valence-electron chi connectivity index (χ1n) is 9.45. The highest BCUT2D eigenvalue weighted by atomic mass is 16.2. The van der Waals surface area contributed by atoms with E-state index in [1.165, 1.54) is 0 Å². The molecule has 0 N–H and O–H groups in total. The summed E-state index contributed by atoms with van der Waals surface area (Å²) < 4.78 is 1.85. The van der Waals surface area contributed by atoms with E-state index in [0.717, 1.165) is 57.1 Å². The molecule has 1 atom stereocenters. The third-order valence-electron chi connectivity index (χ3n) is 4.85. The first kappa shape index (κ1) is 18.5. The lowest BCUT2D eigenvalue weighted by Crippen LogP contribution is -2.36. The maximum Gasteiger partial charge on any atom is 0.224 e. The average Bonchev–Trinajstić information content (AvgIpc) is 3.09. The number of nitrogens with zero attached hydrogens (tertiary/aromatic N) is 6. The summed E-state index contributed by atoms with van der Waals surface area (Å²) in [5.41, 5.74) is 1.06. The molecule has 0 spiro atoms. The highest BCUT2D eigenvalue weighted by Gasteiger charge is 2.21. The molecule has 26 heavy (non-hydrogen) atoms. The number of carbonyl (C=O) groups is 1. The van der Waals surface area contributed by atoms with Gasteiger partial charge in [0.1, 0.15) is 5.82 Å². The first-order valence-corrected chi connectivity index (χ1v) is 9.45. The minimum atomic E-state index is 0.0883. The second kappa shape index (κ2) is 8.89. The molecule has 0 aromatic carbocycles. The molecule has 0 aliphatic carbocycles. The van der Waals surface area contributed by atoms with Gasteiger partial charge in [0.2, 0.25) is 5.91 Å². The fourth-order valence-corrected chi connectivity index (χ4v) is 3.32. The van der Waals surface area contributed by atoms with Gasteiger partial charge in [0.15, 0.2) is 0 Å². The van der Waals surface area contributed by atoms with Crippen LogP contribution in [-0.2, 0) is 17.8 Å². The van der Waals surface area contributed by atoms with Crippen molar-refractivity contribution in [2.45, 2.75) is 45.7 Å². The maximum atomic E-state index is 12.7. The summed E-state index contributed by atoms with van der Waals surface area (Å²) in [5.74, 6) is 1.10. The van der Waals surface area contributed by atoms with Gasteiger partial charge in [0.25, 0.3) is 0 Å². The summed E-state index contributed by atoms with van der Waals surface area (Å²) >= 11 is 0. The van der Waals surface area contributed by atoms with Crippen molar-refractivity contribution in [3.8, 4) is 0 Å². The summed E-state index contributed by atoms with van der Waals surface area (Å²) in [5, 5.41) is 4.23. The van der Waals surface area contributed by atoms with E-state index >= 15 is 0 Å². The zero-order valence-electron chi connectivity index (χ0n) is 15.7. The number of aryl methyl sites for hydroxylation is 1. The van der Waals surface area contributed by atoms with Crippen LogP contribution < -0.4 is 0 Å². The van der Waals surface area contributed by atoms with Gasteiger partial charge >= 0.3 is 0 Å². The van der Waals surface area contributed by atoms with Crippen molar-refractivity contribution < 1.29 is 4.79 Å². The molecule has 3 rings (SSSR count). The van der Waals surface area contributed by atoms with E-state index in [0.29, 0.717) is 6.42 Å². The lowest BCUT2D eigenvalue weighted by Gasteiger charge is -2.23. The van der Waals surface area contributed by atoms with Crippen LogP contribution in [0.1, 0.15) is 44.2 Å². The van der Waals surface area contributed by atoms with Crippen LogP contribution in [0, 0.1) is 0 Å². The molecule has 0 saturated carbocycles. The normalized spacial score (nSPS) is 17.1. The summed E-state index contributed by atoms with van der Waals surface area (Å²) in [7, 11) is 0. The summed E-state index contributed by atoms with van der Waals surface area (Å²) in [4.78, 5) is 25.9. The van der Waals surface area contributed by atoms with E-state index in [-0.39, 0.29) is 11.9 Å². The van der Waals surface area contributed by atoms with Crippen molar-refractivity contribution in [2.75, 3.05) is 26.2 Å². The van der Waals surface area contributed by atoms with E-state index in [1.807, 2.05) is 41.0 Å². The molecule has 2 aromatic heterocycles. The minimum Gasteiger partial charge on any atom is -0.341 e. The molecular formula is C19H28N6O. The Morgan fingerprint density at radius 3 is 2.88 bits per heavy atom. The molecule has 1 amide bonds. The number of amides is 1. The van der Waals surface area contributed by atoms with Crippen LogP contribution in [0.5, 0.6) is 0 Å². The molecule has 2 aromatic rings. The Morgan fingerprint density at radius 2 is 2.12 bits per heavy atom. The van der Waals surface area contributed by atoms with Crippen molar-refractivity contribution in [1.29, 1.82) is 0 Å². The second-order valence-corrected chi connectivity index (χ2v) is 6.87. The molecule has 140 valence electrons. The van der Waals surface area contributed by atoms with Crippen molar-refractivity contribution in [3.63, 3.8) is 0 Å². The molecule has 1 aliphatic rings. The first-order chi connectivity index (χ1) is 12.7. The van der Waals surface area contributed by atoms with Crippen LogP contribution in [-0.4, -0.2) is 61.6 Å². The van der Waals surface area contributed by atoms with Crippen LogP contribution in [0.4, 0.5) is 0 Å². The predicted octanol–water partition coefficient (Wildman–Crippen LogP) is 1.92. The van der Waals surface area contributed by atoms with Crippen LogP contribution in [0.3, 0.4) is 0 Å². The zero-order chi connectivity index (χ0) is 18.4. The predicted molar refractivity (Wildman–Crippen MR) is 99.4 cm³/mol. The largest absolute Gasteiger partial charge is 0.341 e. The molecule has 1 aliphatic heterocycles. The quantitative estimate of drug-likeness (QED) is 0.791. The Labute approximate surface area is 155 Å². The molecule has 3 heterocycles. The number of rotatable bonds is 6. The summed E-state index contributed by atoms with van der Waals surface area (Å²) in [6.45, 7) is 8.40. The van der Waals surface area contributed by atoms with Gasteiger partial charge in [0.05, 0.1) is 11.7 Å². The molecule has 1 unspecified atom stereocenters. The van der Waals surface area contributed by atoms with E-state index in [4.69, 9.17) is 0 Å². The van der Waals surface area contributed by atoms with Gasteiger partial charge < -0.3 is 4.90 Å². The summed E-state index contributed by atoms with van der Waals surface area (Å²) in [6, 6.07) is 3.96. The molecule has 0 radical (unpaired) electrons. The Balaban J connectivity index is 1.51. The Kier molecular flexibility index (Phi) is 6.33. The van der Waals surface area contributed by atoms with Gasteiger partial charge in [-0.1, -0.05) is 6.92 Å². The third-order valence-corrected chi connectivity index (χ3v) is 4.85. The summed E-state index contributed by atoms with van der Waals surface area (Å²) in [6.07, 6.45) is 7.84. The van der Waals surface area contributed by atoms with Crippen LogP contribution >= 0.6 is 0 Å². The highest BCUT2D eigenvalue weighted by molar-refractivity contribution is 5.76. The van der Waals surface area contributed by atoms with Gasteiger partial charge in [-0.25, -0.2) is 9.97 Å². The van der Waals surface area contributed by atoms with Gasteiger partial charge in [-0.2, -0.15) is 5.10 Å². The fourth-order valence-electron chi connectivity index (χ4n) is 3.32. The van der Waals surface area contributed by atoms with Crippen LogP contribution in [0.2, 0.25) is 0 Å². The van der Waals surface area contributed by atoms with Crippen molar-refractivity contribution in [1.82, 2.24) is 29.5 Å². The zero-order valence-corrected chi connectivity index (χ0v) is 15.7. The van der Waals surface area contributed by atoms with Gasteiger partial charge in [-0.15, -0.1) is 0 Å². The van der Waals surface area contributed by atoms with Crippen molar-refractivity contribution in [2.24, 2.45) is 0 Å². The number of aromatic nitrogens is 4. The molecule has 0 bridgehead atoms. The number of hydrogen-bond acceptors (Lipinski definition) is 5. The Bertz CT molecular complexity index is 702. The number of hydrogen-bond donors (Lipinski definition) is 0. The van der Waals surface area contributed by atoms with Gasteiger partial charge in [-0.05, 0) is 25.5 Å².